The molecule has 4 aromatic rings. The van der Waals surface area contributed by atoms with E-state index in [9.17, 15) is 9.18 Å². The maximum absolute atomic E-state index is 15.0. The SMILES string of the molecule is Cn1nc(-c2ccc(NC(=O)Nc3cc(C(C)(C)C)on3)c(F)c2)c2cnc(NCCN3CCOCC3)nc21. The van der Waals surface area contributed by atoms with E-state index < -0.39 is 11.8 Å². The van der Waals surface area contributed by atoms with Crippen molar-refractivity contribution in [2.24, 2.45) is 7.05 Å². The number of aromatic nitrogens is 5. The van der Waals surface area contributed by atoms with E-state index in [0.29, 0.717) is 40.5 Å². The summed E-state index contributed by atoms with van der Waals surface area (Å²) < 4.78 is 27.3. The van der Waals surface area contributed by atoms with Gasteiger partial charge in [0.1, 0.15) is 17.3 Å². The molecule has 0 bridgehead atoms. The molecule has 0 aliphatic carbocycles. The number of hydrogen-bond donors (Lipinski definition) is 3. The van der Waals surface area contributed by atoms with Crippen molar-refractivity contribution in [1.29, 1.82) is 0 Å². The maximum atomic E-state index is 15.0. The van der Waals surface area contributed by atoms with Crippen LogP contribution in [0.15, 0.2) is 35.0 Å². The fourth-order valence-corrected chi connectivity index (χ4v) is 4.21. The van der Waals surface area contributed by atoms with Crippen molar-refractivity contribution in [3.8, 4) is 11.3 Å². The van der Waals surface area contributed by atoms with Crippen LogP contribution in [0.2, 0.25) is 0 Å². The quantitative estimate of drug-likeness (QED) is 0.321. The Bertz CT molecular complexity index is 1470. The first-order chi connectivity index (χ1) is 18.7. The zero-order valence-corrected chi connectivity index (χ0v) is 22.4. The highest BCUT2D eigenvalue weighted by molar-refractivity contribution is 5.99. The van der Waals surface area contributed by atoms with Crippen LogP contribution in [0, 0.1) is 5.82 Å². The van der Waals surface area contributed by atoms with Crippen LogP contribution in [0.25, 0.3) is 22.3 Å². The van der Waals surface area contributed by atoms with Gasteiger partial charge in [0.25, 0.3) is 0 Å². The van der Waals surface area contributed by atoms with Gasteiger partial charge >= 0.3 is 6.03 Å². The zero-order chi connectivity index (χ0) is 27.6. The molecule has 0 spiro atoms. The standard InChI is InChI=1S/C26H32FN9O3/c1-26(2,3)20-14-21(34-39-20)31-25(37)30-19-6-5-16(13-18(19)27)22-17-15-29-24(32-23(17)35(4)33-22)28-7-8-36-9-11-38-12-10-36/h5-6,13-15H,7-12H2,1-4H3,(H,28,29,32)(H2,30,31,34,37). The molecule has 1 aliphatic rings. The number of nitrogens with zero attached hydrogens (tertiary/aromatic N) is 6. The molecule has 3 aromatic heterocycles. The van der Waals surface area contributed by atoms with Crippen molar-refractivity contribution in [3.05, 3.63) is 42.0 Å². The number of halogens is 1. The Balaban J connectivity index is 1.25. The molecule has 0 radical (unpaired) electrons. The molecule has 2 amide bonds. The van der Waals surface area contributed by atoms with E-state index in [0.717, 1.165) is 32.8 Å². The number of carbonyl (C=O) groups is 1. The van der Waals surface area contributed by atoms with Crippen LogP contribution in [-0.2, 0) is 17.2 Å². The van der Waals surface area contributed by atoms with Gasteiger partial charge in [-0.2, -0.15) is 10.1 Å². The van der Waals surface area contributed by atoms with Crippen LogP contribution in [-0.4, -0.2) is 75.2 Å². The summed E-state index contributed by atoms with van der Waals surface area (Å²) in [6.45, 7) is 10.8. The lowest BCUT2D eigenvalue weighted by molar-refractivity contribution is 0.0398. The first-order valence-electron chi connectivity index (χ1n) is 12.8. The number of rotatable bonds is 7. The number of benzene rings is 1. The summed E-state index contributed by atoms with van der Waals surface area (Å²) in [6.07, 6.45) is 1.68. The summed E-state index contributed by atoms with van der Waals surface area (Å²) in [5.41, 5.74) is 1.45. The molecule has 1 aromatic carbocycles. The molecule has 13 heteroatoms. The van der Waals surface area contributed by atoms with E-state index in [1.165, 1.54) is 12.1 Å². The van der Waals surface area contributed by atoms with Crippen molar-refractivity contribution in [2.75, 3.05) is 55.3 Å². The Morgan fingerprint density at radius 1 is 1.15 bits per heavy atom. The smallest absolute Gasteiger partial charge is 0.325 e. The monoisotopic (exact) mass is 537 g/mol. The second-order valence-electron chi connectivity index (χ2n) is 10.4. The van der Waals surface area contributed by atoms with Gasteiger partial charge in [-0.25, -0.2) is 18.9 Å². The van der Waals surface area contributed by atoms with Gasteiger partial charge in [-0.3, -0.25) is 10.2 Å². The molecule has 5 rings (SSSR count). The Morgan fingerprint density at radius 3 is 2.67 bits per heavy atom. The van der Waals surface area contributed by atoms with E-state index in [1.54, 1.807) is 30.1 Å². The normalized spacial score (nSPS) is 14.5. The van der Waals surface area contributed by atoms with E-state index in [2.05, 4.69) is 41.1 Å². The summed E-state index contributed by atoms with van der Waals surface area (Å²) in [4.78, 5) is 23.8. The minimum Gasteiger partial charge on any atom is -0.379 e. The molecule has 1 aliphatic heterocycles. The highest BCUT2D eigenvalue weighted by atomic mass is 19.1. The summed E-state index contributed by atoms with van der Waals surface area (Å²) >= 11 is 0. The number of nitrogens with one attached hydrogen (secondary N) is 3. The fourth-order valence-electron chi connectivity index (χ4n) is 4.21. The number of aryl methyl sites for hydroxylation is 1. The third-order valence-electron chi connectivity index (χ3n) is 6.38. The molecule has 39 heavy (non-hydrogen) atoms. The van der Waals surface area contributed by atoms with Crippen LogP contribution in [0.3, 0.4) is 0 Å². The van der Waals surface area contributed by atoms with Crippen LogP contribution in [0.4, 0.5) is 26.6 Å². The van der Waals surface area contributed by atoms with Gasteiger partial charge in [0.05, 0.1) is 24.3 Å². The third kappa shape index (κ3) is 6.15. The molecule has 1 fully saturated rings. The number of ether oxygens (including phenoxy) is 1. The first-order valence-corrected chi connectivity index (χ1v) is 12.8. The van der Waals surface area contributed by atoms with E-state index >= 15 is 0 Å². The topological polar surface area (TPSA) is 135 Å². The van der Waals surface area contributed by atoms with E-state index in [1.807, 2.05) is 20.8 Å². The van der Waals surface area contributed by atoms with Crippen molar-refractivity contribution in [1.82, 2.24) is 29.8 Å². The van der Waals surface area contributed by atoms with Gasteiger partial charge < -0.3 is 19.9 Å². The van der Waals surface area contributed by atoms with Crippen LogP contribution >= 0.6 is 0 Å². The predicted molar refractivity (Wildman–Crippen MR) is 145 cm³/mol. The minimum absolute atomic E-state index is 0.0130. The molecule has 1 saturated heterocycles. The summed E-state index contributed by atoms with van der Waals surface area (Å²) in [6, 6.07) is 5.48. The molecular formula is C26H32FN9O3. The number of carbonyl (C=O) groups excluding carboxylic acids is 1. The Morgan fingerprint density at radius 2 is 1.95 bits per heavy atom. The van der Waals surface area contributed by atoms with Crippen molar-refractivity contribution in [2.45, 2.75) is 26.2 Å². The second kappa shape index (κ2) is 10.9. The second-order valence-corrected chi connectivity index (χ2v) is 10.4. The summed E-state index contributed by atoms with van der Waals surface area (Å²) in [7, 11) is 1.78. The number of anilines is 3. The average molecular weight is 538 g/mol. The van der Waals surface area contributed by atoms with Gasteiger partial charge in [-0.1, -0.05) is 32.0 Å². The minimum atomic E-state index is -0.638. The lowest BCUT2D eigenvalue weighted by Crippen LogP contribution is -2.39. The molecule has 0 saturated carbocycles. The van der Waals surface area contributed by atoms with Gasteiger partial charge in [-0.05, 0) is 12.1 Å². The molecule has 0 unspecified atom stereocenters. The Labute approximate surface area is 224 Å². The van der Waals surface area contributed by atoms with Gasteiger partial charge in [-0.15, -0.1) is 0 Å². The van der Waals surface area contributed by atoms with E-state index in [-0.39, 0.29) is 16.9 Å². The maximum Gasteiger partial charge on any atom is 0.325 e. The van der Waals surface area contributed by atoms with Crippen molar-refractivity contribution < 1.29 is 18.4 Å². The van der Waals surface area contributed by atoms with Gasteiger partial charge in [0.15, 0.2) is 11.5 Å². The Kier molecular flexibility index (Phi) is 7.44. The molecule has 206 valence electrons. The number of urea groups is 1. The first kappa shape index (κ1) is 26.5. The van der Waals surface area contributed by atoms with E-state index in [4.69, 9.17) is 9.26 Å². The molecular weight excluding hydrogens is 505 g/mol. The highest BCUT2D eigenvalue weighted by Gasteiger charge is 2.21. The van der Waals surface area contributed by atoms with Crippen molar-refractivity contribution >= 4 is 34.5 Å². The number of fused-ring (bicyclic) bond motifs is 1. The summed E-state index contributed by atoms with van der Waals surface area (Å²) in [5.74, 6) is 0.753. The zero-order valence-electron chi connectivity index (χ0n) is 22.4. The third-order valence-corrected chi connectivity index (χ3v) is 6.38. The molecule has 3 N–H and O–H groups in total. The average Bonchev–Trinajstić information content (AvgIpc) is 3.50. The van der Waals surface area contributed by atoms with Crippen molar-refractivity contribution in [3.63, 3.8) is 0 Å². The van der Waals surface area contributed by atoms with Gasteiger partial charge in [0, 0.05) is 56.5 Å². The number of amides is 2. The lowest BCUT2D eigenvalue weighted by atomic mass is 9.93. The summed E-state index contributed by atoms with van der Waals surface area (Å²) in [5, 5.41) is 17.4. The Hall–Kier alpha value is -4.10. The van der Waals surface area contributed by atoms with Crippen LogP contribution < -0.4 is 16.0 Å². The molecule has 0 atom stereocenters. The predicted octanol–water partition coefficient (Wildman–Crippen LogP) is 3.84. The van der Waals surface area contributed by atoms with Crippen LogP contribution in [0.1, 0.15) is 26.5 Å². The highest BCUT2D eigenvalue weighted by Crippen LogP contribution is 2.29. The van der Waals surface area contributed by atoms with Crippen LogP contribution in [0.5, 0.6) is 0 Å². The number of morpholine rings is 1. The lowest BCUT2D eigenvalue weighted by Gasteiger charge is -2.26. The molecule has 4 heterocycles. The fraction of sp³-hybridized carbons (Fsp3) is 0.423. The largest absolute Gasteiger partial charge is 0.379 e. The molecule has 12 nitrogen and oxygen atoms in total. The van der Waals surface area contributed by atoms with Gasteiger partial charge in [0.2, 0.25) is 5.95 Å². The number of hydrogen-bond acceptors (Lipinski definition) is 9.